The number of nitrogens with zero attached hydrogens (tertiary/aromatic N) is 3. The van der Waals surface area contributed by atoms with E-state index in [4.69, 9.17) is 13.9 Å². The molecule has 5 rings (SSSR count). The second kappa shape index (κ2) is 6.87. The van der Waals surface area contributed by atoms with E-state index in [2.05, 4.69) is 10.2 Å². The van der Waals surface area contributed by atoms with E-state index in [1.54, 1.807) is 29.6 Å². The fourth-order valence-corrected chi connectivity index (χ4v) is 6.11. The van der Waals surface area contributed by atoms with Gasteiger partial charge in [0.2, 0.25) is 18.6 Å². The minimum atomic E-state index is -3.48. The lowest BCUT2D eigenvalue weighted by Gasteiger charge is -2.29. The summed E-state index contributed by atoms with van der Waals surface area (Å²) < 4.78 is 44.1. The van der Waals surface area contributed by atoms with E-state index in [9.17, 15) is 8.42 Å². The van der Waals surface area contributed by atoms with Crippen molar-refractivity contribution in [1.29, 1.82) is 0 Å². The van der Waals surface area contributed by atoms with Gasteiger partial charge in [0, 0.05) is 18.7 Å². The summed E-state index contributed by atoms with van der Waals surface area (Å²) in [5, 5.41) is 10.1. The van der Waals surface area contributed by atoms with Crippen LogP contribution in [0.5, 0.6) is 11.5 Å². The molecular formula is C18H17N3O5S2. The molecule has 0 amide bonds. The van der Waals surface area contributed by atoms with E-state index < -0.39 is 10.0 Å². The first-order valence-electron chi connectivity index (χ1n) is 8.88. The van der Waals surface area contributed by atoms with Gasteiger partial charge in [-0.1, -0.05) is 6.07 Å². The first kappa shape index (κ1) is 17.7. The minimum absolute atomic E-state index is 0.126. The smallest absolute Gasteiger partial charge is 0.252 e. The highest BCUT2D eigenvalue weighted by Crippen LogP contribution is 2.37. The van der Waals surface area contributed by atoms with Crippen LogP contribution in [0.25, 0.3) is 11.5 Å². The summed E-state index contributed by atoms with van der Waals surface area (Å²) in [6.07, 6.45) is 1.55. The Bertz CT molecular complexity index is 1090. The average molecular weight is 419 g/mol. The lowest BCUT2D eigenvalue weighted by molar-refractivity contribution is 0.174. The molecule has 1 saturated heterocycles. The molecule has 0 unspecified atom stereocenters. The summed E-state index contributed by atoms with van der Waals surface area (Å²) in [4.78, 5) is 0. The Morgan fingerprint density at radius 2 is 2.04 bits per heavy atom. The van der Waals surface area contributed by atoms with Gasteiger partial charge in [-0.05, 0) is 42.5 Å². The van der Waals surface area contributed by atoms with Gasteiger partial charge in [0.05, 0.1) is 5.92 Å². The van der Waals surface area contributed by atoms with Crippen molar-refractivity contribution in [2.45, 2.75) is 23.0 Å². The standard InChI is InChI=1S/C18H17N3O5S2/c22-28(23,16-4-2-8-27-16)21-7-1-3-13(10-21)18-20-19-17(26-18)12-5-6-14-15(9-12)25-11-24-14/h2,4-6,8-9,13H,1,3,7,10-11H2/t13-/m1/s1. The minimum Gasteiger partial charge on any atom is -0.454 e. The van der Waals surface area contributed by atoms with Crippen LogP contribution in [-0.4, -0.2) is 42.8 Å². The molecule has 0 saturated carbocycles. The van der Waals surface area contributed by atoms with Crippen molar-refractivity contribution in [2.75, 3.05) is 19.9 Å². The second-order valence-electron chi connectivity index (χ2n) is 6.65. The summed E-state index contributed by atoms with van der Waals surface area (Å²) in [7, 11) is -3.48. The molecule has 4 heterocycles. The molecule has 1 atom stereocenters. The number of aromatic nitrogens is 2. The molecule has 0 aliphatic carbocycles. The van der Waals surface area contributed by atoms with Gasteiger partial charge in [-0.25, -0.2) is 8.42 Å². The molecule has 0 spiro atoms. The van der Waals surface area contributed by atoms with Crippen LogP contribution >= 0.6 is 11.3 Å². The van der Waals surface area contributed by atoms with Crippen LogP contribution in [0, 0.1) is 0 Å². The third-order valence-corrected chi connectivity index (χ3v) is 8.12. The Morgan fingerprint density at radius 3 is 2.89 bits per heavy atom. The average Bonchev–Trinajstić information content (AvgIpc) is 3.49. The number of rotatable bonds is 4. The van der Waals surface area contributed by atoms with E-state index in [0.29, 0.717) is 40.6 Å². The number of ether oxygens (including phenoxy) is 2. The van der Waals surface area contributed by atoms with E-state index in [0.717, 1.165) is 18.4 Å². The number of piperidine rings is 1. The van der Waals surface area contributed by atoms with Crippen LogP contribution in [0.1, 0.15) is 24.7 Å². The predicted octanol–water partition coefficient (Wildman–Crippen LogP) is 3.10. The number of hydrogen-bond donors (Lipinski definition) is 0. The Balaban J connectivity index is 1.37. The fraction of sp³-hybridized carbons (Fsp3) is 0.333. The Labute approximate surface area is 165 Å². The summed E-state index contributed by atoms with van der Waals surface area (Å²) in [6.45, 7) is 1.04. The van der Waals surface area contributed by atoms with Gasteiger partial charge in [-0.2, -0.15) is 4.31 Å². The molecule has 2 aliphatic rings. The van der Waals surface area contributed by atoms with Gasteiger partial charge in [-0.3, -0.25) is 0 Å². The maximum absolute atomic E-state index is 12.8. The zero-order valence-corrected chi connectivity index (χ0v) is 16.4. The van der Waals surface area contributed by atoms with Gasteiger partial charge in [0.15, 0.2) is 11.5 Å². The van der Waals surface area contributed by atoms with Crippen molar-refractivity contribution in [3.8, 4) is 23.0 Å². The van der Waals surface area contributed by atoms with E-state index in [-0.39, 0.29) is 12.7 Å². The quantitative estimate of drug-likeness (QED) is 0.641. The van der Waals surface area contributed by atoms with Crippen molar-refractivity contribution < 1.29 is 22.3 Å². The number of fused-ring (bicyclic) bond motifs is 1. The lowest BCUT2D eigenvalue weighted by atomic mass is 10.00. The third-order valence-electron chi connectivity index (χ3n) is 4.88. The summed E-state index contributed by atoms with van der Waals surface area (Å²) in [5.74, 6) is 2.04. The van der Waals surface area contributed by atoms with Crippen LogP contribution in [0.15, 0.2) is 44.3 Å². The highest BCUT2D eigenvalue weighted by Gasteiger charge is 2.33. The number of hydrogen-bond acceptors (Lipinski definition) is 8. The molecule has 2 aromatic heterocycles. The highest BCUT2D eigenvalue weighted by atomic mass is 32.2. The molecule has 1 fully saturated rings. The molecule has 28 heavy (non-hydrogen) atoms. The number of thiophene rings is 1. The Kier molecular flexibility index (Phi) is 4.33. The van der Waals surface area contributed by atoms with Crippen LogP contribution in [0.4, 0.5) is 0 Å². The van der Waals surface area contributed by atoms with Gasteiger partial charge in [-0.15, -0.1) is 21.5 Å². The second-order valence-corrected chi connectivity index (χ2v) is 9.76. The molecule has 10 heteroatoms. The normalized spacial score (nSPS) is 19.8. The van der Waals surface area contributed by atoms with Crippen molar-refractivity contribution in [2.24, 2.45) is 0 Å². The topological polar surface area (TPSA) is 94.8 Å². The van der Waals surface area contributed by atoms with Crippen LogP contribution in [0.3, 0.4) is 0 Å². The molecule has 3 aromatic rings. The summed E-state index contributed by atoms with van der Waals surface area (Å²) in [6, 6.07) is 8.81. The largest absolute Gasteiger partial charge is 0.454 e. The number of sulfonamides is 1. The van der Waals surface area contributed by atoms with E-state index >= 15 is 0 Å². The van der Waals surface area contributed by atoms with Gasteiger partial charge in [0.1, 0.15) is 4.21 Å². The van der Waals surface area contributed by atoms with Crippen molar-refractivity contribution in [3.05, 3.63) is 41.6 Å². The molecular weight excluding hydrogens is 402 g/mol. The molecule has 0 radical (unpaired) electrons. The van der Waals surface area contributed by atoms with E-state index in [1.807, 2.05) is 6.07 Å². The van der Waals surface area contributed by atoms with Crippen LogP contribution < -0.4 is 9.47 Å². The molecule has 146 valence electrons. The highest BCUT2D eigenvalue weighted by molar-refractivity contribution is 7.91. The predicted molar refractivity (Wildman–Crippen MR) is 101 cm³/mol. The molecule has 0 bridgehead atoms. The monoisotopic (exact) mass is 419 g/mol. The van der Waals surface area contributed by atoms with Crippen molar-refractivity contribution >= 4 is 21.4 Å². The van der Waals surface area contributed by atoms with E-state index in [1.165, 1.54) is 15.6 Å². The molecule has 1 aromatic carbocycles. The maximum Gasteiger partial charge on any atom is 0.252 e. The lowest BCUT2D eigenvalue weighted by Crippen LogP contribution is -2.38. The van der Waals surface area contributed by atoms with Gasteiger partial charge >= 0.3 is 0 Å². The first-order valence-corrected chi connectivity index (χ1v) is 11.2. The Hall–Kier alpha value is -2.43. The zero-order valence-electron chi connectivity index (χ0n) is 14.8. The maximum atomic E-state index is 12.8. The summed E-state index contributed by atoms with van der Waals surface area (Å²) >= 11 is 1.23. The van der Waals surface area contributed by atoms with Crippen LogP contribution in [-0.2, 0) is 10.0 Å². The zero-order chi connectivity index (χ0) is 19.1. The molecule has 0 N–H and O–H groups in total. The Morgan fingerprint density at radius 1 is 1.14 bits per heavy atom. The first-order chi connectivity index (χ1) is 13.6. The van der Waals surface area contributed by atoms with Crippen LogP contribution in [0.2, 0.25) is 0 Å². The van der Waals surface area contributed by atoms with Crippen molar-refractivity contribution in [1.82, 2.24) is 14.5 Å². The number of benzene rings is 1. The fourth-order valence-electron chi connectivity index (χ4n) is 3.45. The van der Waals surface area contributed by atoms with Gasteiger partial charge < -0.3 is 13.9 Å². The summed E-state index contributed by atoms with van der Waals surface area (Å²) in [5.41, 5.74) is 0.738. The molecule has 8 nitrogen and oxygen atoms in total. The third kappa shape index (κ3) is 3.07. The van der Waals surface area contributed by atoms with Crippen molar-refractivity contribution in [3.63, 3.8) is 0 Å². The van der Waals surface area contributed by atoms with Gasteiger partial charge in [0.25, 0.3) is 10.0 Å². The SMILES string of the molecule is O=S(=O)(c1cccs1)N1CCC[C@@H](c2nnc(-c3ccc4c(c3)OCO4)o2)C1. The molecule has 2 aliphatic heterocycles.